The van der Waals surface area contributed by atoms with Crippen LogP contribution in [0.4, 0.5) is 11.5 Å². The number of aryl methyl sites for hydroxylation is 1. The highest BCUT2D eigenvalue weighted by Crippen LogP contribution is 2.41. The van der Waals surface area contributed by atoms with Crippen LogP contribution in [0.15, 0.2) is 36.7 Å². The van der Waals surface area contributed by atoms with Gasteiger partial charge >= 0.3 is 0 Å². The van der Waals surface area contributed by atoms with E-state index in [-0.39, 0.29) is 23.9 Å². The molecule has 3 aromatic rings. The van der Waals surface area contributed by atoms with E-state index in [1.807, 2.05) is 35.2 Å². The van der Waals surface area contributed by atoms with Gasteiger partial charge in [-0.05, 0) is 64.7 Å². The third-order valence-electron chi connectivity index (χ3n) is 5.60. The number of carbonyl (C=O) groups is 1. The quantitative estimate of drug-likeness (QED) is 0.631. The first kappa shape index (κ1) is 19.8. The van der Waals surface area contributed by atoms with E-state index >= 15 is 0 Å². The molecule has 2 heterocycles. The normalized spacial score (nSPS) is 16.3. The predicted molar refractivity (Wildman–Crippen MR) is 120 cm³/mol. The summed E-state index contributed by atoms with van der Waals surface area (Å²) in [6.45, 7) is 8.40. The molecule has 0 bridgehead atoms. The first-order valence-corrected chi connectivity index (χ1v) is 11.2. The lowest BCUT2D eigenvalue weighted by molar-refractivity contribution is -0.139. The minimum Gasteiger partial charge on any atom is -0.340 e. The summed E-state index contributed by atoms with van der Waals surface area (Å²) in [5, 5.41) is 4.56. The predicted octanol–water partition coefficient (Wildman–Crippen LogP) is 5.19. The highest BCUT2D eigenvalue weighted by Gasteiger charge is 2.33. The summed E-state index contributed by atoms with van der Waals surface area (Å²) in [4.78, 5) is 26.6. The van der Waals surface area contributed by atoms with Gasteiger partial charge in [0.25, 0.3) is 0 Å². The van der Waals surface area contributed by atoms with Crippen molar-refractivity contribution in [3.63, 3.8) is 0 Å². The van der Waals surface area contributed by atoms with Gasteiger partial charge in [0.05, 0.1) is 5.39 Å². The number of nitrogens with one attached hydrogen (secondary N) is 1. The third kappa shape index (κ3) is 3.86. The van der Waals surface area contributed by atoms with Crippen molar-refractivity contribution in [2.24, 2.45) is 5.92 Å². The van der Waals surface area contributed by atoms with Crippen molar-refractivity contribution in [2.75, 3.05) is 5.32 Å². The van der Waals surface area contributed by atoms with Gasteiger partial charge in [-0.15, -0.1) is 11.3 Å². The zero-order valence-corrected chi connectivity index (χ0v) is 18.3. The van der Waals surface area contributed by atoms with Crippen molar-refractivity contribution in [2.45, 2.75) is 59.0 Å². The largest absolute Gasteiger partial charge is 0.340 e. The molecule has 0 spiro atoms. The fraction of sp³-hybridized carbons (Fsp3) is 0.435. The van der Waals surface area contributed by atoms with Gasteiger partial charge in [-0.25, -0.2) is 9.97 Å². The van der Waals surface area contributed by atoms with Gasteiger partial charge in [-0.3, -0.25) is 4.79 Å². The molecule has 1 N–H and O–H groups in total. The Kier molecular flexibility index (Phi) is 5.54. The summed E-state index contributed by atoms with van der Waals surface area (Å²) in [5.41, 5.74) is 2.33. The molecule has 152 valence electrons. The first-order valence-electron chi connectivity index (χ1n) is 10.3. The molecular formula is C23H28N4OS. The molecule has 0 saturated carbocycles. The van der Waals surface area contributed by atoms with E-state index in [0.717, 1.165) is 41.0 Å². The van der Waals surface area contributed by atoms with Crippen LogP contribution < -0.4 is 5.32 Å². The summed E-state index contributed by atoms with van der Waals surface area (Å²) in [5.74, 6) is 1.19. The number of fused-ring (bicyclic) bond motifs is 3. The Balaban J connectivity index is 1.64. The van der Waals surface area contributed by atoms with Crippen LogP contribution in [0, 0.1) is 5.92 Å². The van der Waals surface area contributed by atoms with E-state index in [2.05, 4.69) is 43.0 Å². The number of aromatic nitrogens is 2. The van der Waals surface area contributed by atoms with Crippen molar-refractivity contribution >= 4 is 39.0 Å². The molecule has 1 aromatic carbocycles. The van der Waals surface area contributed by atoms with Gasteiger partial charge in [0, 0.05) is 28.6 Å². The van der Waals surface area contributed by atoms with Gasteiger partial charge in [-0.2, -0.15) is 0 Å². The molecular weight excluding hydrogens is 380 g/mol. The van der Waals surface area contributed by atoms with E-state index in [1.165, 1.54) is 10.4 Å². The maximum absolute atomic E-state index is 13.2. The SMILES string of the molecule is CC(C)N(C(=O)C1CCc2c(sc3ncnc(Nc4ccccc4)c23)C1)C(C)C. The second-order valence-corrected chi connectivity index (χ2v) is 9.35. The van der Waals surface area contributed by atoms with E-state index in [9.17, 15) is 4.79 Å². The topological polar surface area (TPSA) is 58.1 Å². The minimum absolute atomic E-state index is 0.0545. The number of thiophene rings is 1. The third-order valence-corrected chi connectivity index (χ3v) is 6.76. The van der Waals surface area contributed by atoms with Gasteiger partial charge in [0.15, 0.2) is 0 Å². The van der Waals surface area contributed by atoms with E-state index in [4.69, 9.17) is 0 Å². The molecule has 6 heteroatoms. The molecule has 1 amide bonds. The maximum Gasteiger partial charge on any atom is 0.226 e. The summed E-state index contributed by atoms with van der Waals surface area (Å²) in [6.07, 6.45) is 4.20. The molecule has 1 aliphatic rings. The average molecular weight is 409 g/mol. The molecule has 1 unspecified atom stereocenters. The molecule has 5 nitrogen and oxygen atoms in total. The maximum atomic E-state index is 13.2. The molecule has 1 atom stereocenters. The number of anilines is 2. The number of hydrogen-bond acceptors (Lipinski definition) is 5. The fourth-order valence-electron chi connectivity index (χ4n) is 4.39. The average Bonchev–Trinajstić information content (AvgIpc) is 3.07. The van der Waals surface area contributed by atoms with Gasteiger partial charge in [0.1, 0.15) is 17.0 Å². The molecule has 0 saturated heterocycles. The van der Waals surface area contributed by atoms with Crippen molar-refractivity contribution in [3.8, 4) is 0 Å². The van der Waals surface area contributed by atoms with Gasteiger partial charge < -0.3 is 10.2 Å². The lowest BCUT2D eigenvalue weighted by Gasteiger charge is -2.35. The van der Waals surface area contributed by atoms with Crippen molar-refractivity contribution in [3.05, 3.63) is 47.1 Å². The van der Waals surface area contributed by atoms with Crippen LogP contribution in [0.3, 0.4) is 0 Å². The smallest absolute Gasteiger partial charge is 0.226 e. The Hall–Kier alpha value is -2.47. The number of para-hydroxylation sites is 1. The molecule has 0 aliphatic heterocycles. The van der Waals surface area contributed by atoms with Crippen LogP contribution in [0.1, 0.15) is 44.6 Å². The van der Waals surface area contributed by atoms with Crippen molar-refractivity contribution in [1.82, 2.24) is 14.9 Å². The molecule has 1 aliphatic carbocycles. The van der Waals surface area contributed by atoms with Crippen LogP contribution in [-0.4, -0.2) is 32.9 Å². The Morgan fingerprint density at radius 3 is 2.55 bits per heavy atom. The minimum atomic E-state index is 0.0545. The molecule has 0 fully saturated rings. The van der Waals surface area contributed by atoms with Gasteiger partial charge in [0.2, 0.25) is 5.91 Å². The Morgan fingerprint density at radius 1 is 1.14 bits per heavy atom. The van der Waals surface area contributed by atoms with Crippen LogP contribution in [0.2, 0.25) is 0 Å². The highest BCUT2D eigenvalue weighted by atomic mass is 32.1. The number of benzene rings is 1. The summed E-state index contributed by atoms with van der Waals surface area (Å²) in [7, 11) is 0. The molecule has 29 heavy (non-hydrogen) atoms. The number of hydrogen-bond donors (Lipinski definition) is 1. The summed E-state index contributed by atoms with van der Waals surface area (Å²) >= 11 is 1.71. The number of amides is 1. The Labute approximate surface area is 176 Å². The molecule has 4 rings (SSSR count). The highest BCUT2D eigenvalue weighted by molar-refractivity contribution is 7.19. The van der Waals surface area contributed by atoms with E-state index in [0.29, 0.717) is 0 Å². The first-order chi connectivity index (χ1) is 14.0. The summed E-state index contributed by atoms with van der Waals surface area (Å²) in [6, 6.07) is 10.5. The number of rotatable bonds is 5. The van der Waals surface area contributed by atoms with Crippen LogP contribution >= 0.6 is 11.3 Å². The second kappa shape index (κ2) is 8.11. The zero-order valence-electron chi connectivity index (χ0n) is 17.5. The van der Waals surface area contributed by atoms with Crippen molar-refractivity contribution in [1.29, 1.82) is 0 Å². The van der Waals surface area contributed by atoms with Crippen LogP contribution in [0.25, 0.3) is 10.2 Å². The van der Waals surface area contributed by atoms with E-state index in [1.54, 1.807) is 17.7 Å². The summed E-state index contributed by atoms with van der Waals surface area (Å²) < 4.78 is 0. The zero-order chi connectivity index (χ0) is 20.5. The van der Waals surface area contributed by atoms with Crippen LogP contribution in [0.5, 0.6) is 0 Å². The second-order valence-electron chi connectivity index (χ2n) is 8.27. The molecule has 2 aromatic heterocycles. The lowest BCUT2D eigenvalue weighted by atomic mass is 9.86. The van der Waals surface area contributed by atoms with E-state index < -0.39 is 0 Å². The molecule has 0 radical (unpaired) electrons. The lowest BCUT2D eigenvalue weighted by Crippen LogP contribution is -2.46. The van der Waals surface area contributed by atoms with Crippen LogP contribution in [-0.2, 0) is 17.6 Å². The van der Waals surface area contributed by atoms with Crippen molar-refractivity contribution < 1.29 is 4.79 Å². The van der Waals surface area contributed by atoms with Gasteiger partial charge in [-0.1, -0.05) is 18.2 Å². The Morgan fingerprint density at radius 2 is 1.86 bits per heavy atom. The number of nitrogens with zero attached hydrogens (tertiary/aromatic N) is 3. The fourth-order valence-corrected chi connectivity index (χ4v) is 5.66. The monoisotopic (exact) mass is 408 g/mol. The Bertz CT molecular complexity index is 1000. The standard InChI is InChI=1S/C23H28N4OS/c1-14(2)27(15(3)4)23(28)16-10-11-18-19(12-16)29-22-20(18)21(24-13-25-22)26-17-8-6-5-7-9-17/h5-9,13-16H,10-12H2,1-4H3,(H,24,25,26). The number of carbonyl (C=O) groups excluding carboxylic acids is 1.